The SMILES string of the molecule is Cc1cc(NC(=O)c2cncc(C#Cc3cnc4cccnn34)c2)ccc1CN1CCN(C)CC1. The van der Waals surface area contributed by atoms with Crippen molar-refractivity contribution in [3.05, 3.63) is 89.1 Å². The van der Waals surface area contributed by atoms with Gasteiger partial charge in [0.1, 0.15) is 5.69 Å². The number of aromatic nitrogens is 4. The summed E-state index contributed by atoms with van der Waals surface area (Å²) in [5.74, 6) is 5.90. The summed E-state index contributed by atoms with van der Waals surface area (Å²) in [4.78, 5) is 26.2. The molecule has 0 spiro atoms. The minimum absolute atomic E-state index is 0.219. The van der Waals surface area contributed by atoms with Gasteiger partial charge in [-0.2, -0.15) is 5.10 Å². The second-order valence-corrected chi connectivity index (χ2v) is 8.82. The zero-order valence-corrected chi connectivity index (χ0v) is 19.9. The van der Waals surface area contributed by atoms with Crippen molar-refractivity contribution in [1.82, 2.24) is 29.4 Å². The molecule has 8 nitrogen and oxygen atoms in total. The standard InChI is InChI=1S/C27H27N7O/c1-20-14-24(7-6-22(20)19-33-12-10-32(2)11-13-33)31-27(35)23-15-21(16-28-17-23)5-8-25-18-29-26-4-3-9-30-34(25)26/h3-4,6-7,9,14-18H,10-13,19H2,1-2H3,(H,31,35). The van der Waals surface area contributed by atoms with Crippen LogP contribution in [-0.4, -0.2) is 68.5 Å². The van der Waals surface area contributed by atoms with Gasteiger partial charge in [0, 0.05) is 62.6 Å². The Morgan fingerprint density at radius 1 is 1.06 bits per heavy atom. The predicted octanol–water partition coefficient (Wildman–Crippen LogP) is 2.83. The molecule has 0 unspecified atom stereocenters. The fourth-order valence-electron chi connectivity index (χ4n) is 4.08. The molecular formula is C27H27N7O. The number of amides is 1. The van der Waals surface area contributed by atoms with Crippen LogP contribution in [0.15, 0.2) is 61.2 Å². The number of carbonyl (C=O) groups excluding carboxylic acids is 1. The first kappa shape index (κ1) is 22.7. The summed E-state index contributed by atoms with van der Waals surface area (Å²) >= 11 is 0. The molecule has 1 fully saturated rings. The third-order valence-corrected chi connectivity index (χ3v) is 6.20. The number of rotatable bonds is 4. The highest BCUT2D eigenvalue weighted by molar-refractivity contribution is 6.04. The zero-order valence-electron chi connectivity index (χ0n) is 19.9. The summed E-state index contributed by atoms with van der Waals surface area (Å²) in [5, 5.41) is 7.25. The first-order valence-electron chi connectivity index (χ1n) is 11.6. The van der Waals surface area contributed by atoms with E-state index in [0.29, 0.717) is 16.8 Å². The molecule has 1 amide bonds. The summed E-state index contributed by atoms with van der Waals surface area (Å²) in [5.41, 5.74) is 5.71. The third-order valence-electron chi connectivity index (χ3n) is 6.20. The Balaban J connectivity index is 1.26. The topological polar surface area (TPSA) is 78.7 Å². The monoisotopic (exact) mass is 465 g/mol. The van der Waals surface area contributed by atoms with Gasteiger partial charge in [-0.3, -0.25) is 14.7 Å². The van der Waals surface area contributed by atoms with E-state index >= 15 is 0 Å². The van der Waals surface area contributed by atoms with Gasteiger partial charge in [-0.05, 0) is 61.4 Å². The fourth-order valence-corrected chi connectivity index (χ4v) is 4.08. The molecule has 176 valence electrons. The molecule has 1 aliphatic rings. The van der Waals surface area contributed by atoms with Gasteiger partial charge in [-0.25, -0.2) is 9.50 Å². The van der Waals surface area contributed by atoms with E-state index in [4.69, 9.17) is 0 Å². The van der Waals surface area contributed by atoms with Crippen LogP contribution in [0.4, 0.5) is 5.69 Å². The lowest BCUT2D eigenvalue weighted by Gasteiger charge is -2.32. The minimum atomic E-state index is -0.219. The Kier molecular flexibility index (Phi) is 6.53. The van der Waals surface area contributed by atoms with Crippen molar-refractivity contribution in [3.63, 3.8) is 0 Å². The van der Waals surface area contributed by atoms with Crippen molar-refractivity contribution in [2.24, 2.45) is 0 Å². The van der Waals surface area contributed by atoms with Gasteiger partial charge in [0.05, 0.1) is 11.8 Å². The Morgan fingerprint density at radius 3 is 2.74 bits per heavy atom. The molecule has 8 heteroatoms. The van der Waals surface area contributed by atoms with Crippen LogP contribution in [0.1, 0.15) is 32.7 Å². The van der Waals surface area contributed by atoms with Crippen LogP contribution in [0.2, 0.25) is 0 Å². The molecule has 3 aromatic heterocycles. The van der Waals surface area contributed by atoms with Crippen LogP contribution in [0, 0.1) is 18.8 Å². The normalized spacial score (nSPS) is 14.5. The Hall–Kier alpha value is -4.06. The number of nitrogens with zero attached hydrogens (tertiary/aromatic N) is 6. The Labute approximate surface area is 204 Å². The van der Waals surface area contributed by atoms with E-state index in [1.165, 1.54) is 11.1 Å². The van der Waals surface area contributed by atoms with Crippen molar-refractivity contribution in [3.8, 4) is 11.8 Å². The lowest BCUT2D eigenvalue weighted by molar-refractivity contribution is 0.102. The highest BCUT2D eigenvalue weighted by Crippen LogP contribution is 2.18. The summed E-state index contributed by atoms with van der Waals surface area (Å²) in [6, 6.07) is 11.5. The molecule has 1 aromatic carbocycles. The molecular weight excluding hydrogens is 438 g/mol. The van der Waals surface area contributed by atoms with Gasteiger partial charge in [-0.1, -0.05) is 12.0 Å². The maximum absolute atomic E-state index is 12.9. The third kappa shape index (κ3) is 5.38. The molecule has 4 heterocycles. The summed E-state index contributed by atoms with van der Waals surface area (Å²) in [6.07, 6.45) is 6.55. The van der Waals surface area contributed by atoms with E-state index in [2.05, 4.69) is 62.1 Å². The minimum Gasteiger partial charge on any atom is -0.322 e. The number of pyridine rings is 1. The number of hydrogen-bond acceptors (Lipinski definition) is 6. The summed E-state index contributed by atoms with van der Waals surface area (Å²) in [7, 11) is 2.16. The van der Waals surface area contributed by atoms with E-state index in [0.717, 1.165) is 44.1 Å². The second-order valence-electron chi connectivity index (χ2n) is 8.82. The van der Waals surface area contributed by atoms with E-state index in [-0.39, 0.29) is 5.91 Å². The van der Waals surface area contributed by atoms with E-state index < -0.39 is 0 Å². The number of nitrogens with one attached hydrogen (secondary N) is 1. The number of fused-ring (bicyclic) bond motifs is 1. The number of piperazine rings is 1. The summed E-state index contributed by atoms with van der Waals surface area (Å²) < 4.78 is 1.67. The number of aryl methyl sites for hydroxylation is 1. The van der Waals surface area contributed by atoms with Gasteiger partial charge in [0.25, 0.3) is 5.91 Å². The summed E-state index contributed by atoms with van der Waals surface area (Å²) in [6.45, 7) is 7.37. The smallest absolute Gasteiger partial charge is 0.257 e. The molecule has 1 aliphatic heterocycles. The molecule has 0 radical (unpaired) electrons. The molecule has 1 N–H and O–H groups in total. The number of hydrogen-bond donors (Lipinski definition) is 1. The Bertz CT molecular complexity index is 1420. The first-order valence-corrected chi connectivity index (χ1v) is 11.6. The van der Waals surface area contributed by atoms with E-state index in [1.807, 2.05) is 24.3 Å². The van der Waals surface area contributed by atoms with Gasteiger partial charge in [0.15, 0.2) is 5.65 Å². The average molecular weight is 466 g/mol. The second kappa shape index (κ2) is 10.1. The lowest BCUT2D eigenvalue weighted by atomic mass is 10.1. The largest absolute Gasteiger partial charge is 0.322 e. The van der Waals surface area contributed by atoms with Crippen LogP contribution in [-0.2, 0) is 6.54 Å². The molecule has 1 saturated heterocycles. The molecule has 0 bridgehead atoms. The molecule has 35 heavy (non-hydrogen) atoms. The van der Waals surface area contributed by atoms with Crippen LogP contribution < -0.4 is 5.32 Å². The molecule has 5 rings (SSSR count). The van der Waals surface area contributed by atoms with Gasteiger partial charge >= 0.3 is 0 Å². The lowest BCUT2D eigenvalue weighted by Crippen LogP contribution is -2.43. The number of benzene rings is 1. The number of carbonyl (C=O) groups is 1. The highest BCUT2D eigenvalue weighted by Gasteiger charge is 2.15. The number of likely N-dealkylation sites (N-methyl/N-ethyl adjacent to an activating group) is 1. The van der Waals surface area contributed by atoms with Crippen LogP contribution in [0.25, 0.3) is 5.65 Å². The Morgan fingerprint density at radius 2 is 1.91 bits per heavy atom. The number of imidazole rings is 1. The van der Waals surface area contributed by atoms with Crippen LogP contribution in [0.3, 0.4) is 0 Å². The van der Waals surface area contributed by atoms with Crippen molar-refractivity contribution in [2.45, 2.75) is 13.5 Å². The van der Waals surface area contributed by atoms with Crippen molar-refractivity contribution in [1.29, 1.82) is 0 Å². The molecule has 4 aromatic rings. The quantitative estimate of drug-likeness (QED) is 0.467. The maximum atomic E-state index is 12.9. The maximum Gasteiger partial charge on any atom is 0.257 e. The van der Waals surface area contributed by atoms with E-state index in [9.17, 15) is 4.79 Å². The van der Waals surface area contributed by atoms with Gasteiger partial charge < -0.3 is 10.2 Å². The predicted molar refractivity (Wildman–Crippen MR) is 135 cm³/mol. The van der Waals surface area contributed by atoms with Crippen molar-refractivity contribution < 1.29 is 4.79 Å². The van der Waals surface area contributed by atoms with Crippen molar-refractivity contribution in [2.75, 3.05) is 38.5 Å². The fraction of sp³-hybridized carbons (Fsp3) is 0.259. The highest BCUT2D eigenvalue weighted by atomic mass is 16.1. The number of anilines is 1. The van der Waals surface area contributed by atoms with Gasteiger partial charge in [-0.15, -0.1) is 0 Å². The molecule has 0 atom stereocenters. The first-order chi connectivity index (χ1) is 17.0. The zero-order chi connectivity index (χ0) is 24.2. The van der Waals surface area contributed by atoms with Crippen LogP contribution in [0.5, 0.6) is 0 Å². The van der Waals surface area contributed by atoms with E-state index in [1.54, 1.807) is 35.4 Å². The molecule has 0 saturated carbocycles. The molecule has 0 aliphatic carbocycles. The van der Waals surface area contributed by atoms with Crippen molar-refractivity contribution >= 4 is 17.2 Å². The average Bonchev–Trinajstić information content (AvgIpc) is 3.29. The van der Waals surface area contributed by atoms with Crippen LogP contribution >= 0.6 is 0 Å². The van der Waals surface area contributed by atoms with Gasteiger partial charge in [0.2, 0.25) is 0 Å².